The zero-order valence-corrected chi connectivity index (χ0v) is 11.1. The third-order valence-corrected chi connectivity index (χ3v) is 3.69. The van der Waals surface area contributed by atoms with Crippen LogP contribution in [0.2, 0.25) is 0 Å². The van der Waals surface area contributed by atoms with Gasteiger partial charge in [0, 0.05) is 19.3 Å². The Morgan fingerprint density at radius 1 is 1.60 bits per heavy atom. The van der Waals surface area contributed by atoms with E-state index >= 15 is 0 Å². The minimum atomic E-state index is 0.862. The fourth-order valence-corrected chi connectivity index (χ4v) is 2.85. The molecule has 2 heterocycles. The molecule has 0 radical (unpaired) electrons. The summed E-state index contributed by atoms with van der Waals surface area (Å²) in [4.78, 5) is 10.8. The lowest BCUT2D eigenvalue weighted by Gasteiger charge is -2.18. The van der Waals surface area contributed by atoms with E-state index < -0.39 is 0 Å². The van der Waals surface area contributed by atoms with Gasteiger partial charge in [0.2, 0.25) is 0 Å². The molecule has 0 spiro atoms. The monoisotopic (exact) mass is 317 g/mol. The number of hydrogen-bond acceptors (Lipinski definition) is 3. The standard InChI is InChI=1S/C11H16IN3/c1-2-3-9-4-5-15(7-9)11-10(12)6-13-8-14-11/h6,8-9H,2-5,7H2,1H3. The summed E-state index contributed by atoms with van der Waals surface area (Å²) < 4.78 is 1.16. The summed E-state index contributed by atoms with van der Waals surface area (Å²) in [6, 6.07) is 0. The number of nitrogens with zero attached hydrogens (tertiary/aromatic N) is 3. The molecule has 0 amide bonds. The zero-order valence-electron chi connectivity index (χ0n) is 8.99. The molecular weight excluding hydrogens is 301 g/mol. The Morgan fingerprint density at radius 3 is 3.20 bits per heavy atom. The van der Waals surface area contributed by atoms with Crippen molar-refractivity contribution in [2.45, 2.75) is 26.2 Å². The van der Waals surface area contributed by atoms with E-state index in [0.29, 0.717) is 0 Å². The Kier molecular flexibility index (Phi) is 3.77. The van der Waals surface area contributed by atoms with Crippen LogP contribution < -0.4 is 4.90 Å². The molecule has 4 heteroatoms. The summed E-state index contributed by atoms with van der Waals surface area (Å²) in [6.45, 7) is 4.58. The van der Waals surface area contributed by atoms with Crippen molar-refractivity contribution in [2.24, 2.45) is 5.92 Å². The predicted molar refractivity (Wildman–Crippen MR) is 70.0 cm³/mol. The minimum absolute atomic E-state index is 0.862. The van der Waals surface area contributed by atoms with Crippen molar-refractivity contribution in [3.63, 3.8) is 0 Å². The largest absolute Gasteiger partial charge is 0.355 e. The van der Waals surface area contributed by atoms with Crippen LogP contribution in [-0.4, -0.2) is 23.1 Å². The lowest BCUT2D eigenvalue weighted by atomic mass is 10.0. The fraction of sp³-hybridized carbons (Fsp3) is 0.636. The lowest BCUT2D eigenvalue weighted by molar-refractivity contribution is 0.529. The Hall–Kier alpha value is -0.390. The van der Waals surface area contributed by atoms with Crippen LogP contribution in [0, 0.1) is 9.49 Å². The summed E-state index contributed by atoms with van der Waals surface area (Å²) >= 11 is 2.31. The SMILES string of the molecule is CCCC1CCN(c2ncncc2I)C1. The molecule has 3 nitrogen and oxygen atoms in total. The summed E-state index contributed by atoms with van der Waals surface area (Å²) in [5.41, 5.74) is 0. The van der Waals surface area contributed by atoms with E-state index in [4.69, 9.17) is 0 Å². The predicted octanol–water partition coefficient (Wildman–Crippen LogP) is 2.71. The van der Waals surface area contributed by atoms with Crippen LogP contribution in [0.4, 0.5) is 5.82 Å². The van der Waals surface area contributed by atoms with Crippen LogP contribution in [-0.2, 0) is 0 Å². The second-order valence-electron chi connectivity index (χ2n) is 4.08. The van der Waals surface area contributed by atoms with Gasteiger partial charge in [-0.2, -0.15) is 0 Å². The normalized spacial score (nSPS) is 20.9. The topological polar surface area (TPSA) is 29.0 Å². The van der Waals surface area contributed by atoms with Crippen molar-refractivity contribution < 1.29 is 0 Å². The fourth-order valence-electron chi connectivity index (χ4n) is 2.21. The first-order chi connectivity index (χ1) is 7.31. The van der Waals surface area contributed by atoms with E-state index in [2.05, 4.69) is 44.4 Å². The molecule has 1 saturated heterocycles. The minimum Gasteiger partial charge on any atom is -0.355 e. The van der Waals surface area contributed by atoms with Gasteiger partial charge in [-0.05, 0) is 41.4 Å². The van der Waals surface area contributed by atoms with E-state index in [1.807, 2.05) is 6.20 Å². The van der Waals surface area contributed by atoms with E-state index in [1.54, 1.807) is 6.33 Å². The van der Waals surface area contributed by atoms with E-state index in [1.165, 1.54) is 25.8 Å². The van der Waals surface area contributed by atoms with Gasteiger partial charge in [-0.25, -0.2) is 9.97 Å². The second-order valence-corrected chi connectivity index (χ2v) is 5.25. The summed E-state index contributed by atoms with van der Waals surface area (Å²) in [6.07, 6.45) is 7.48. The molecule has 1 aliphatic heterocycles. The van der Waals surface area contributed by atoms with Crippen LogP contribution in [0.3, 0.4) is 0 Å². The highest BCUT2D eigenvalue weighted by molar-refractivity contribution is 14.1. The van der Waals surface area contributed by atoms with Gasteiger partial charge in [0.1, 0.15) is 12.1 Å². The van der Waals surface area contributed by atoms with E-state index in [0.717, 1.165) is 21.9 Å². The molecule has 0 aromatic carbocycles. The maximum absolute atomic E-state index is 4.36. The maximum Gasteiger partial charge on any atom is 0.145 e. The Morgan fingerprint density at radius 2 is 2.47 bits per heavy atom. The van der Waals surface area contributed by atoms with Gasteiger partial charge in [0.05, 0.1) is 3.57 Å². The van der Waals surface area contributed by atoms with E-state index in [-0.39, 0.29) is 0 Å². The van der Waals surface area contributed by atoms with Crippen LogP contribution in [0.1, 0.15) is 26.2 Å². The lowest BCUT2D eigenvalue weighted by Crippen LogP contribution is -2.21. The van der Waals surface area contributed by atoms with Crippen molar-refractivity contribution in [1.82, 2.24) is 9.97 Å². The van der Waals surface area contributed by atoms with Crippen molar-refractivity contribution in [3.8, 4) is 0 Å². The average molecular weight is 317 g/mol. The molecule has 1 unspecified atom stereocenters. The van der Waals surface area contributed by atoms with Crippen LogP contribution in [0.15, 0.2) is 12.5 Å². The highest BCUT2D eigenvalue weighted by atomic mass is 127. The summed E-state index contributed by atoms with van der Waals surface area (Å²) in [5, 5.41) is 0. The van der Waals surface area contributed by atoms with Gasteiger partial charge < -0.3 is 4.90 Å². The number of anilines is 1. The quantitative estimate of drug-likeness (QED) is 0.803. The molecule has 0 N–H and O–H groups in total. The Labute approximate surface area is 104 Å². The van der Waals surface area contributed by atoms with Crippen LogP contribution in [0.5, 0.6) is 0 Å². The first-order valence-electron chi connectivity index (χ1n) is 5.51. The molecule has 15 heavy (non-hydrogen) atoms. The number of hydrogen-bond donors (Lipinski definition) is 0. The molecule has 0 saturated carbocycles. The molecule has 0 aliphatic carbocycles. The molecule has 0 bridgehead atoms. The summed E-state index contributed by atoms with van der Waals surface area (Å²) in [5.74, 6) is 1.98. The van der Waals surface area contributed by atoms with Gasteiger partial charge in [-0.15, -0.1) is 0 Å². The third-order valence-electron chi connectivity index (χ3n) is 2.93. The van der Waals surface area contributed by atoms with Gasteiger partial charge in [0.15, 0.2) is 0 Å². The summed E-state index contributed by atoms with van der Waals surface area (Å²) in [7, 11) is 0. The van der Waals surface area contributed by atoms with Gasteiger partial charge in [0.25, 0.3) is 0 Å². The van der Waals surface area contributed by atoms with Crippen molar-refractivity contribution in [2.75, 3.05) is 18.0 Å². The molecule has 2 rings (SSSR count). The van der Waals surface area contributed by atoms with E-state index in [9.17, 15) is 0 Å². The number of aromatic nitrogens is 2. The van der Waals surface area contributed by atoms with Crippen molar-refractivity contribution in [3.05, 3.63) is 16.1 Å². The highest BCUT2D eigenvalue weighted by Gasteiger charge is 2.23. The Balaban J connectivity index is 2.04. The first kappa shape index (κ1) is 11.1. The molecule has 1 aliphatic rings. The van der Waals surface area contributed by atoms with Crippen molar-refractivity contribution >= 4 is 28.4 Å². The van der Waals surface area contributed by atoms with Crippen molar-refractivity contribution in [1.29, 1.82) is 0 Å². The average Bonchev–Trinajstić information content (AvgIpc) is 2.68. The highest BCUT2D eigenvalue weighted by Crippen LogP contribution is 2.27. The Bertz CT molecular complexity index is 329. The maximum atomic E-state index is 4.36. The molecule has 1 aromatic heterocycles. The number of rotatable bonds is 3. The molecule has 1 aromatic rings. The first-order valence-corrected chi connectivity index (χ1v) is 6.59. The van der Waals surface area contributed by atoms with Crippen LogP contribution >= 0.6 is 22.6 Å². The number of halogens is 1. The second kappa shape index (κ2) is 5.09. The smallest absolute Gasteiger partial charge is 0.145 e. The van der Waals surface area contributed by atoms with Gasteiger partial charge in [-0.1, -0.05) is 13.3 Å². The zero-order chi connectivity index (χ0) is 10.7. The molecule has 1 atom stereocenters. The third kappa shape index (κ3) is 2.59. The van der Waals surface area contributed by atoms with Gasteiger partial charge in [-0.3, -0.25) is 0 Å². The molecule has 82 valence electrons. The molecular formula is C11H16IN3. The molecule has 1 fully saturated rings. The van der Waals surface area contributed by atoms with Gasteiger partial charge >= 0.3 is 0 Å². The van der Waals surface area contributed by atoms with Crippen LogP contribution in [0.25, 0.3) is 0 Å².